The smallest absolute Gasteiger partial charge is 0.251 e. The van der Waals surface area contributed by atoms with Crippen molar-refractivity contribution in [1.29, 1.82) is 0 Å². The summed E-state index contributed by atoms with van der Waals surface area (Å²) in [6.07, 6.45) is 0.205. The zero-order valence-electron chi connectivity index (χ0n) is 12.5. The molecule has 0 spiro atoms. The van der Waals surface area contributed by atoms with Crippen molar-refractivity contribution in [2.24, 2.45) is 5.92 Å². The highest BCUT2D eigenvalue weighted by Gasteiger charge is 2.11. The van der Waals surface area contributed by atoms with Gasteiger partial charge in [0.25, 0.3) is 5.91 Å². The van der Waals surface area contributed by atoms with Crippen LogP contribution >= 0.6 is 23.2 Å². The summed E-state index contributed by atoms with van der Waals surface area (Å²) >= 11 is 11.6. The minimum Gasteiger partial charge on any atom is -0.393 e. The van der Waals surface area contributed by atoms with Gasteiger partial charge in [-0.15, -0.1) is 0 Å². The fourth-order valence-electron chi connectivity index (χ4n) is 1.92. The van der Waals surface area contributed by atoms with Crippen LogP contribution < -0.4 is 10.6 Å². The van der Waals surface area contributed by atoms with E-state index < -0.39 is 12.0 Å². The van der Waals surface area contributed by atoms with Crippen molar-refractivity contribution < 1.29 is 14.7 Å². The van der Waals surface area contributed by atoms with Gasteiger partial charge >= 0.3 is 0 Å². The molecule has 0 aliphatic carbocycles. The van der Waals surface area contributed by atoms with Crippen LogP contribution in [0.3, 0.4) is 0 Å². The Bertz CT molecular complexity index is 536. The van der Waals surface area contributed by atoms with Crippen molar-refractivity contribution in [3.8, 4) is 0 Å². The quantitative estimate of drug-likeness (QED) is 0.708. The molecule has 0 bridgehead atoms. The van der Waals surface area contributed by atoms with E-state index in [1.807, 2.05) is 6.92 Å². The van der Waals surface area contributed by atoms with Crippen LogP contribution in [0.15, 0.2) is 18.2 Å². The molecule has 5 nitrogen and oxygen atoms in total. The molecule has 2 amide bonds. The summed E-state index contributed by atoms with van der Waals surface area (Å²) in [6, 6.07) is 4.50. The number of benzene rings is 1. The lowest BCUT2D eigenvalue weighted by Gasteiger charge is -2.14. The molecule has 0 fully saturated rings. The Labute approximate surface area is 140 Å². The van der Waals surface area contributed by atoms with E-state index in [0.717, 1.165) is 0 Å². The third-order valence-electron chi connectivity index (χ3n) is 2.98. The van der Waals surface area contributed by atoms with Crippen molar-refractivity contribution in [2.45, 2.75) is 26.4 Å². The van der Waals surface area contributed by atoms with Gasteiger partial charge in [-0.1, -0.05) is 30.1 Å². The second-order valence-electron chi connectivity index (χ2n) is 5.31. The van der Waals surface area contributed by atoms with Gasteiger partial charge in [0.1, 0.15) is 0 Å². The lowest BCUT2D eigenvalue weighted by molar-refractivity contribution is -0.120. The molecular weight excluding hydrogens is 327 g/mol. The molecule has 2 atom stereocenters. The topological polar surface area (TPSA) is 78.4 Å². The number of hydrogen-bond acceptors (Lipinski definition) is 3. The van der Waals surface area contributed by atoms with Crippen LogP contribution in [0.1, 0.15) is 30.6 Å². The van der Waals surface area contributed by atoms with Crippen LogP contribution in [0.2, 0.25) is 10.0 Å². The number of halogens is 2. The van der Waals surface area contributed by atoms with E-state index in [1.165, 1.54) is 18.2 Å². The highest BCUT2D eigenvalue weighted by atomic mass is 35.5. The van der Waals surface area contributed by atoms with Gasteiger partial charge in [0.15, 0.2) is 0 Å². The number of carbonyl (C=O) groups excluding carboxylic acids is 2. The largest absolute Gasteiger partial charge is 0.393 e. The van der Waals surface area contributed by atoms with Gasteiger partial charge in [-0.3, -0.25) is 9.59 Å². The predicted molar refractivity (Wildman–Crippen MR) is 87.3 cm³/mol. The average Bonchev–Trinajstić information content (AvgIpc) is 2.44. The minimum atomic E-state index is -0.402. The average molecular weight is 347 g/mol. The Morgan fingerprint density at radius 1 is 1.18 bits per heavy atom. The van der Waals surface area contributed by atoms with Gasteiger partial charge in [-0.05, 0) is 37.5 Å². The molecule has 0 aliphatic rings. The van der Waals surface area contributed by atoms with Crippen molar-refractivity contribution >= 4 is 35.0 Å². The third-order valence-corrected chi connectivity index (χ3v) is 3.72. The van der Waals surface area contributed by atoms with Crippen LogP contribution in [0, 0.1) is 5.92 Å². The molecular formula is C15H20Cl2N2O3. The van der Waals surface area contributed by atoms with Crippen LogP contribution in [-0.4, -0.2) is 36.1 Å². The molecule has 0 saturated carbocycles. The van der Waals surface area contributed by atoms with Gasteiger partial charge in [0, 0.05) is 12.1 Å². The molecule has 0 radical (unpaired) electrons. The van der Waals surface area contributed by atoms with E-state index >= 15 is 0 Å². The number of carbonyl (C=O) groups is 2. The van der Waals surface area contributed by atoms with Gasteiger partial charge in [0.05, 0.1) is 22.7 Å². The molecule has 3 N–H and O–H groups in total. The Hall–Kier alpha value is -1.30. The molecule has 0 heterocycles. The van der Waals surface area contributed by atoms with E-state index in [4.69, 9.17) is 23.2 Å². The standard InChI is InChI=1S/C15H20Cl2N2O3/c1-9(5-10(2)20)7-18-14(21)8-19-15(22)11-3-4-12(16)13(17)6-11/h3-4,6,9-10,20H,5,7-8H2,1-2H3,(H,18,21)(H,19,22). The maximum Gasteiger partial charge on any atom is 0.251 e. The first kappa shape index (κ1) is 18.7. The summed E-state index contributed by atoms with van der Waals surface area (Å²) in [4.78, 5) is 23.5. The lowest BCUT2D eigenvalue weighted by Crippen LogP contribution is -2.38. The Morgan fingerprint density at radius 3 is 2.45 bits per heavy atom. The summed E-state index contributed by atoms with van der Waals surface area (Å²) in [5.74, 6) is -0.522. The van der Waals surface area contributed by atoms with Crippen molar-refractivity contribution in [3.05, 3.63) is 33.8 Å². The van der Waals surface area contributed by atoms with E-state index in [2.05, 4.69) is 10.6 Å². The molecule has 22 heavy (non-hydrogen) atoms. The van der Waals surface area contributed by atoms with Crippen molar-refractivity contribution in [1.82, 2.24) is 10.6 Å². The number of rotatable bonds is 7. The first-order valence-electron chi connectivity index (χ1n) is 6.97. The zero-order chi connectivity index (χ0) is 16.7. The first-order chi connectivity index (χ1) is 10.3. The SMILES string of the molecule is CC(O)CC(C)CNC(=O)CNC(=O)c1ccc(Cl)c(Cl)c1. The summed E-state index contributed by atoms with van der Waals surface area (Å²) < 4.78 is 0. The minimum absolute atomic E-state index is 0.125. The molecule has 1 aromatic rings. The predicted octanol–water partition coefficient (Wildman–Crippen LogP) is 2.25. The number of nitrogens with one attached hydrogen (secondary N) is 2. The Balaban J connectivity index is 2.37. The number of aliphatic hydroxyl groups excluding tert-OH is 1. The summed E-state index contributed by atoms with van der Waals surface area (Å²) in [7, 11) is 0. The monoisotopic (exact) mass is 346 g/mol. The fraction of sp³-hybridized carbons (Fsp3) is 0.467. The lowest BCUT2D eigenvalue weighted by atomic mass is 10.1. The van der Waals surface area contributed by atoms with E-state index in [9.17, 15) is 14.7 Å². The number of aliphatic hydroxyl groups is 1. The van der Waals surface area contributed by atoms with Gasteiger partial charge in [-0.25, -0.2) is 0 Å². The number of hydrogen-bond donors (Lipinski definition) is 3. The van der Waals surface area contributed by atoms with E-state index in [0.29, 0.717) is 23.6 Å². The normalized spacial score (nSPS) is 13.3. The third kappa shape index (κ3) is 6.64. The first-order valence-corrected chi connectivity index (χ1v) is 7.73. The molecule has 0 aliphatic heterocycles. The maximum atomic E-state index is 11.9. The van der Waals surface area contributed by atoms with Crippen LogP contribution in [0.5, 0.6) is 0 Å². The van der Waals surface area contributed by atoms with Crippen LogP contribution in [-0.2, 0) is 4.79 Å². The zero-order valence-corrected chi connectivity index (χ0v) is 14.0. The highest BCUT2D eigenvalue weighted by molar-refractivity contribution is 6.42. The summed E-state index contributed by atoms with van der Waals surface area (Å²) in [5.41, 5.74) is 0.338. The molecule has 0 aromatic heterocycles. The van der Waals surface area contributed by atoms with Gasteiger partial charge < -0.3 is 15.7 Å². The maximum absolute atomic E-state index is 11.9. The summed E-state index contributed by atoms with van der Waals surface area (Å²) in [6.45, 7) is 3.96. The molecule has 0 saturated heterocycles. The molecule has 7 heteroatoms. The Morgan fingerprint density at radius 2 is 1.86 bits per heavy atom. The molecule has 1 rings (SSSR count). The second-order valence-corrected chi connectivity index (χ2v) is 6.12. The molecule has 1 aromatic carbocycles. The van der Waals surface area contributed by atoms with Crippen molar-refractivity contribution in [2.75, 3.05) is 13.1 Å². The molecule has 2 unspecified atom stereocenters. The molecule has 122 valence electrons. The highest BCUT2D eigenvalue weighted by Crippen LogP contribution is 2.22. The van der Waals surface area contributed by atoms with Gasteiger partial charge in [-0.2, -0.15) is 0 Å². The van der Waals surface area contributed by atoms with Crippen molar-refractivity contribution in [3.63, 3.8) is 0 Å². The van der Waals surface area contributed by atoms with Crippen LogP contribution in [0.4, 0.5) is 0 Å². The fourth-order valence-corrected chi connectivity index (χ4v) is 2.21. The van der Waals surface area contributed by atoms with E-state index in [-0.39, 0.29) is 23.4 Å². The second kappa shape index (κ2) is 8.98. The Kier molecular flexibility index (Phi) is 7.65. The number of amides is 2. The van der Waals surface area contributed by atoms with E-state index in [1.54, 1.807) is 6.92 Å². The summed E-state index contributed by atoms with van der Waals surface area (Å²) in [5, 5.41) is 15.1. The van der Waals surface area contributed by atoms with Crippen LogP contribution in [0.25, 0.3) is 0 Å². The van der Waals surface area contributed by atoms with Gasteiger partial charge in [0.2, 0.25) is 5.91 Å².